The number of benzene rings is 1. The van der Waals surface area contributed by atoms with Crippen molar-refractivity contribution < 1.29 is 0 Å². The molecule has 2 nitrogen and oxygen atoms in total. The number of nitrogens with zero attached hydrogens (tertiary/aromatic N) is 2. The van der Waals surface area contributed by atoms with Gasteiger partial charge in [-0.1, -0.05) is 36.8 Å². The van der Waals surface area contributed by atoms with E-state index < -0.39 is 0 Å². The molecule has 2 aromatic rings. The van der Waals surface area contributed by atoms with Crippen molar-refractivity contribution in [1.29, 1.82) is 0 Å². The quantitative estimate of drug-likeness (QED) is 0.814. The van der Waals surface area contributed by atoms with Gasteiger partial charge in [-0.15, -0.1) is 0 Å². The molecule has 0 N–H and O–H groups in total. The maximum Gasteiger partial charge on any atom is 0.107 e. The molecular formula is C14H15BrN2. The van der Waals surface area contributed by atoms with Gasteiger partial charge in [-0.05, 0) is 28.8 Å². The Kier molecular flexibility index (Phi) is 2.79. The molecule has 0 amide bonds. The average Bonchev–Trinajstić information content (AvgIpc) is 2.56. The number of rotatable bonds is 2. The summed E-state index contributed by atoms with van der Waals surface area (Å²) >= 11 is 3.73. The standard InChI is InChI=1S/C14H15BrN2/c1-17-14(11-8-5-9-11)12(15)13(16-17)10-6-3-2-4-7-10/h2-4,6-7,11H,5,8-9H2,1H3. The average molecular weight is 291 g/mol. The van der Waals surface area contributed by atoms with Crippen molar-refractivity contribution in [3.63, 3.8) is 0 Å². The summed E-state index contributed by atoms with van der Waals surface area (Å²) < 4.78 is 3.21. The fourth-order valence-corrected chi connectivity index (χ4v) is 3.31. The van der Waals surface area contributed by atoms with Crippen LogP contribution >= 0.6 is 15.9 Å². The van der Waals surface area contributed by atoms with Gasteiger partial charge in [0.15, 0.2) is 0 Å². The lowest BCUT2D eigenvalue weighted by Crippen LogP contribution is -2.13. The van der Waals surface area contributed by atoms with E-state index in [1.54, 1.807) is 0 Å². The second-order valence-corrected chi connectivity index (χ2v) is 5.46. The van der Waals surface area contributed by atoms with Crippen LogP contribution in [0.15, 0.2) is 34.8 Å². The fraction of sp³-hybridized carbons (Fsp3) is 0.357. The lowest BCUT2D eigenvalue weighted by Gasteiger charge is -2.25. The Hall–Kier alpha value is -1.09. The second-order valence-electron chi connectivity index (χ2n) is 4.67. The van der Waals surface area contributed by atoms with Crippen molar-refractivity contribution >= 4 is 15.9 Å². The molecule has 17 heavy (non-hydrogen) atoms. The minimum atomic E-state index is 0.694. The van der Waals surface area contributed by atoms with E-state index in [2.05, 4.69) is 45.3 Å². The van der Waals surface area contributed by atoms with E-state index in [0.717, 1.165) is 5.69 Å². The summed E-state index contributed by atoms with van der Waals surface area (Å²) in [5.74, 6) is 0.694. The molecule has 1 aromatic carbocycles. The van der Waals surface area contributed by atoms with Crippen molar-refractivity contribution in [2.45, 2.75) is 25.2 Å². The Balaban J connectivity index is 2.07. The van der Waals surface area contributed by atoms with Crippen molar-refractivity contribution in [3.05, 3.63) is 40.5 Å². The molecule has 3 heteroatoms. The molecule has 0 unspecified atom stereocenters. The molecule has 0 saturated heterocycles. The molecule has 1 fully saturated rings. The molecule has 0 atom stereocenters. The maximum absolute atomic E-state index is 4.65. The van der Waals surface area contributed by atoms with Crippen molar-refractivity contribution in [2.24, 2.45) is 7.05 Å². The Morgan fingerprint density at radius 1 is 1.24 bits per heavy atom. The Morgan fingerprint density at radius 3 is 2.53 bits per heavy atom. The normalized spacial score (nSPS) is 15.9. The van der Waals surface area contributed by atoms with E-state index in [1.807, 2.05) is 17.8 Å². The monoisotopic (exact) mass is 290 g/mol. The Bertz CT molecular complexity index is 527. The molecule has 0 spiro atoms. The molecule has 0 aliphatic heterocycles. The molecule has 88 valence electrons. The summed E-state index contributed by atoms with van der Waals surface area (Å²) in [6.45, 7) is 0. The smallest absolute Gasteiger partial charge is 0.107 e. The first-order valence-corrected chi connectivity index (χ1v) is 6.84. The SMILES string of the molecule is Cn1nc(-c2ccccc2)c(Br)c1C1CCC1. The molecule has 1 saturated carbocycles. The van der Waals surface area contributed by atoms with Gasteiger partial charge in [0, 0.05) is 18.5 Å². The molecule has 1 aliphatic rings. The van der Waals surface area contributed by atoms with Gasteiger partial charge in [0.05, 0.1) is 10.2 Å². The number of hydrogen-bond donors (Lipinski definition) is 0. The topological polar surface area (TPSA) is 17.8 Å². The van der Waals surface area contributed by atoms with Gasteiger partial charge in [-0.25, -0.2) is 0 Å². The minimum absolute atomic E-state index is 0.694. The van der Waals surface area contributed by atoms with Gasteiger partial charge < -0.3 is 0 Å². The lowest BCUT2D eigenvalue weighted by atomic mass is 9.82. The van der Waals surface area contributed by atoms with Crippen LogP contribution in [0, 0.1) is 0 Å². The third kappa shape index (κ3) is 1.82. The second kappa shape index (κ2) is 4.30. The van der Waals surface area contributed by atoms with Gasteiger partial charge in [-0.2, -0.15) is 5.10 Å². The first-order valence-electron chi connectivity index (χ1n) is 6.05. The van der Waals surface area contributed by atoms with E-state index in [9.17, 15) is 0 Å². The van der Waals surface area contributed by atoms with E-state index in [1.165, 1.54) is 35.0 Å². The van der Waals surface area contributed by atoms with Crippen LogP contribution in [0.5, 0.6) is 0 Å². The zero-order valence-corrected chi connectivity index (χ0v) is 11.4. The summed E-state index contributed by atoms with van der Waals surface area (Å²) in [4.78, 5) is 0. The zero-order chi connectivity index (χ0) is 11.8. The van der Waals surface area contributed by atoms with Gasteiger partial charge in [-0.3, -0.25) is 4.68 Å². The third-order valence-corrected chi connectivity index (χ3v) is 4.35. The highest BCUT2D eigenvalue weighted by Gasteiger charge is 2.27. The van der Waals surface area contributed by atoms with E-state index in [-0.39, 0.29) is 0 Å². The highest BCUT2D eigenvalue weighted by Crippen LogP contribution is 2.42. The van der Waals surface area contributed by atoms with Crippen LogP contribution in [0.25, 0.3) is 11.3 Å². The zero-order valence-electron chi connectivity index (χ0n) is 9.86. The minimum Gasteiger partial charge on any atom is -0.271 e. The van der Waals surface area contributed by atoms with Gasteiger partial charge in [0.2, 0.25) is 0 Å². The number of aromatic nitrogens is 2. The summed E-state index contributed by atoms with van der Waals surface area (Å²) in [5.41, 5.74) is 3.60. The lowest BCUT2D eigenvalue weighted by molar-refractivity contribution is 0.396. The van der Waals surface area contributed by atoms with E-state index in [4.69, 9.17) is 0 Å². The molecule has 3 rings (SSSR count). The van der Waals surface area contributed by atoms with E-state index >= 15 is 0 Å². The Labute approximate surface area is 110 Å². The molecular weight excluding hydrogens is 276 g/mol. The van der Waals surface area contributed by atoms with Gasteiger partial charge >= 0.3 is 0 Å². The molecule has 1 heterocycles. The highest BCUT2D eigenvalue weighted by molar-refractivity contribution is 9.10. The van der Waals surface area contributed by atoms with Crippen molar-refractivity contribution in [2.75, 3.05) is 0 Å². The fourth-order valence-electron chi connectivity index (χ4n) is 2.42. The van der Waals surface area contributed by atoms with Crippen LogP contribution in [0.1, 0.15) is 30.9 Å². The summed E-state index contributed by atoms with van der Waals surface area (Å²) in [6, 6.07) is 10.4. The van der Waals surface area contributed by atoms with Crippen LogP contribution in [0.3, 0.4) is 0 Å². The largest absolute Gasteiger partial charge is 0.271 e. The predicted molar refractivity (Wildman–Crippen MR) is 72.9 cm³/mol. The molecule has 0 radical (unpaired) electrons. The van der Waals surface area contributed by atoms with Crippen LogP contribution < -0.4 is 0 Å². The number of halogens is 1. The third-order valence-electron chi connectivity index (χ3n) is 3.57. The van der Waals surface area contributed by atoms with Gasteiger partial charge in [0.25, 0.3) is 0 Å². The summed E-state index contributed by atoms with van der Waals surface area (Å²) in [7, 11) is 2.05. The first kappa shape index (κ1) is 11.0. The predicted octanol–water partition coefficient (Wildman–Crippen LogP) is 4.12. The molecule has 1 aliphatic carbocycles. The summed E-state index contributed by atoms with van der Waals surface area (Å²) in [5, 5.41) is 4.65. The van der Waals surface area contributed by atoms with Crippen LogP contribution in [0.2, 0.25) is 0 Å². The molecule has 0 bridgehead atoms. The van der Waals surface area contributed by atoms with Crippen LogP contribution in [0.4, 0.5) is 0 Å². The number of hydrogen-bond acceptors (Lipinski definition) is 1. The molecule has 1 aromatic heterocycles. The first-order chi connectivity index (χ1) is 8.27. The maximum atomic E-state index is 4.65. The summed E-state index contributed by atoms with van der Waals surface area (Å²) in [6.07, 6.45) is 3.95. The number of aryl methyl sites for hydroxylation is 1. The van der Waals surface area contributed by atoms with Crippen molar-refractivity contribution in [1.82, 2.24) is 9.78 Å². The van der Waals surface area contributed by atoms with Crippen molar-refractivity contribution in [3.8, 4) is 11.3 Å². The highest BCUT2D eigenvalue weighted by atomic mass is 79.9. The van der Waals surface area contributed by atoms with Crippen LogP contribution in [-0.4, -0.2) is 9.78 Å². The Morgan fingerprint density at radius 2 is 1.94 bits per heavy atom. The van der Waals surface area contributed by atoms with Gasteiger partial charge in [0.1, 0.15) is 5.69 Å². The van der Waals surface area contributed by atoms with E-state index in [0.29, 0.717) is 5.92 Å². The van der Waals surface area contributed by atoms with Crippen LogP contribution in [-0.2, 0) is 7.05 Å².